The van der Waals surface area contributed by atoms with Gasteiger partial charge in [0.25, 0.3) is 0 Å². The molecule has 0 aromatic rings. The number of rotatable bonds is 1. The molecule has 0 aromatic heterocycles. The summed E-state index contributed by atoms with van der Waals surface area (Å²) in [6, 6.07) is 0. The molecule has 0 rings (SSSR count). The molecule has 0 N–H and O–H groups in total. The van der Waals surface area contributed by atoms with Crippen LogP contribution in [0.5, 0.6) is 0 Å². The van der Waals surface area contributed by atoms with Crippen LogP contribution in [0.3, 0.4) is 0 Å². The van der Waals surface area contributed by atoms with Gasteiger partial charge in [0, 0.05) is 0 Å². The third-order valence-electron chi connectivity index (χ3n) is 0.0488. The lowest BCUT2D eigenvalue weighted by Crippen LogP contribution is -0.970. The molecule has 0 heterocycles. The molecule has 0 nitrogen and oxygen atoms in total. The monoisotopic (exact) mass is 130 g/mol. The van der Waals surface area contributed by atoms with Gasteiger partial charge >= 0.3 is 0 Å². The topological polar surface area (TPSA) is 0 Å². The van der Waals surface area contributed by atoms with Crippen LogP contribution in [0.1, 0.15) is 0 Å². The second kappa shape index (κ2) is 8.84. The molecule has 0 saturated carbocycles. The Balaban J connectivity index is 0. The first-order chi connectivity index (χ1) is 1.91. The molecule has 0 aromatic carbocycles. The molecule has 32 valence electrons. The summed E-state index contributed by atoms with van der Waals surface area (Å²) in [5, 5.41) is 0. The lowest BCUT2D eigenvalue weighted by Gasteiger charge is -1.50. The van der Waals surface area contributed by atoms with Crippen molar-refractivity contribution < 1.29 is 3.89 Å². The van der Waals surface area contributed by atoms with Crippen molar-refractivity contribution in [2.75, 3.05) is 0 Å². The SMILES string of the molecule is C=PSF.S. The summed E-state index contributed by atoms with van der Waals surface area (Å²) in [5.41, 5.74) is 0. The summed E-state index contributed by atoms with van der Waals surface area (Å²) in [7, 11) is 0.498. The average Bonchev–Trinajstić information content (AvgIpc) is 1.37. The van der Waals surface area contributed by atoms with Gasteiger partial charge in [-0.1, -0.05) is 6.30 Å². The second-order valence-electron chi connectivity index (χ2n) is 0.198. The zero-order valence-corrected chi connectivity index (χ0v) is 5.15. The van der Waals surface area contributed by atoms with Gasteiger partial charge in [0.05, 0.1) is 0 Å². The molecular weight excluding hydrogens is 126 g/mol. The highest BCUT2D eigenvalue weighted by Gasteiger charge is 1.52. The maximum absolute atomic E-state index is 10.6. The van der Waals surface area contributed by atoms with Gasteiger partial charge in [-0.2, -0.15) is 17.4 Å². The van der Waals surface area contributed by atoms with Crippen molar-refractivity contribution in [2.45, 2.75) is 0 Å². The number of hydrogen-bond donors (Lipinski definition) is 0. The molecule has 0 bridgehead atoms. The van der Waals surface area contributed by atoms with E-state index in [2.05, 4.69) is 6.30 Å². The first kappa shape index (κ1) is 9.25. The van der Waals surface area contributed by atoms with Crippen LogP contribution in [0.25, 0.3) is 0 Å². The Hall–Kier alpha value is 0.800. The smallest absolute Gasteiger partial charge is 0.104 e. The van der Waals surface area contributed by atoms with Gasteiger partial charge in [0.2, 0.25) is 0 Å². The van der Waals surface area contributed by atoms with Gasteiger partial charge in [-0.05, 0) is 7.41 Å². The zero-order valence-electron chi connectivity index (χ0n) is 2.44. The molecule has 0 radical (unpaired) electrons. The molecule has 0 unspecified atom stereocenters. The molecule has 0 aliphatic rings. The molecule has 0 aliphatic heterocycles. The molecule has 0 atom stereocenters. The fourth-order valence-corrected chi connectivity index (χ4v) is 0. The lowest BCUT2D eigenvalue weighted by atomic mass is 12.0. The van der Waals surface area contributed by atoms with Gasteiger partial charge in [0.15, 0.2) is 0 Å². The van der Waals surface area contributed by atoms with Crippen LogP contribution in [0.15, 0.2) is 0 Å². The van der Waals surface area contributed by atoms with Crippen LogP contribution in [-0.2, 0) is 0 Å². The van der Waals surface area contributed by atoms with Crippen molar-refractivity contribution >= 4 is 39.0 Å². The molecule has 0 aliphatic carbocycles. The van der Waals surface area contributed by atoms with Crippen molar-refractivity contribution in [2.24, 2.45) is 0 Å². The van der Waals surface area contributed by atoms with E-state index in [0.29, 0.717) is 7.41 Å². The minimum Gasteiger partial charge on any atom is -0.197 e. The lowest BCUT2D eigenvalue weighted by molar-refractivity contribution is 0.953. The van der Waals surface area contributed by atoms with Gasteiger partial charge in [-0.25, -0.2) is 0 Å². The number of hydrogen-bond acceptors (Lipinski definition) is 1. The van der Waals surface area contributed by atoms with Crippen molar-refractivity contribution in [3.8, 4) is 0 Å². The molecule has 0 spiro atoms. The summed E-state index contributed by atoms with van der Waals surface area (Å²) in [6.45, 7) is 0. The predicted octanol–water partition coefficient (Wildman–Crippen LogP) is 2.01. The van der Waals surface area contributed by atoms with E-state index in [9.17, 15) is 3.89 Å². The van der Waals surface area contributed by atoms with Crippen LogP contribution in [-0.4, -0.2) is 6.30 Å². The Labute approximate surface area is 43.4 Å². The van der Waals surface area contributed by atoms with Crippen LogP contribution >= 0.6 is 32.7 Å². The second-order valence-corrected chi connectivity index (χ2v) is 1.78. The highest BCUT2D eigenvalue weighted by Crippen LogP contribution is 2.15. The van der Waals surface area contributed by atoms with E-state index in [0.717, 1.165) is 0 Å². The Morgan fingerprint density at radius 1 is 1.80 bits per heavy atom. The van der Waals surface area contributed by atoms with Gasteiger partial charge < -0.3 is 0 Å². The highest BCUT2D eigenvalue weighted by atomic mass is 32.7. The largest absolute Gasteiger partial charge is 0.197 e. The van der Waals surface area contributed by atoms with Crippen LogP contribution in [0, 0.1) is 0 Å². The molecule has 0 amide bonds. The van der Waals surface area contributed by atoms with E-state index in [1.54, 1.807) is 0 Å². The van der Waals surface area contributed by atoms with Gasteiger partial charge in [-0.15, -0.1) is 0 Å². The average molecular weight is 130 g/mol. The zero-order chi connectivity index (χ0) is 3.41. The fourth-order valence-electron chi connectivity index (χ4n) is 0. The van der Waals surface area contributed by atoms with Crippen LogP contribution < -0.4 is 0 Å². The quantitative estimate of drug-likeness (QED) is 0.489. The first-order valence-corrected chi connectivity index (χ1v) is 3.05. The van der Waals surface area contributed by atoms with E-state index in [-0.39, 0.29) is 25.3 Å². The predicted molar refractivity (Wildman–Crippen MR) is 33.1 cm³/mol. The maximum atomic E-state index is 10.6. The summed E-state index contributed by atoms with van der Waals surface area (Å²) in [4.78, 5) is 0. The van der Waals surface area contributed by atoms with Crippen molar-refractivity contribution in [3.63, 3.8) is 0 Å². The fraction of sp³-hybridized carbons (Fsp3) is 0. The van der Waals surface area contributed by atoms with E-state index < -0.39 is 0 Å². The van der Waals surface area contributed by atoms with E-state index >= 15 is 0 Å². The number of halogens is 1. The minimum atomic E-state index is 0. The molecule has 5 heavy (non-hydrogen) atoms. The van der Waals surface area contributed by atoms with Gasteiger partial charge in [0.1, 0.15) is 11.8 Å². The highest BCUT2D eigenvalue weighted by molar-refractivity contribution is 8.45. The Bertz CT molecular complexity index is 23.6. The standard InChI is InChI=1S/CH2FPS.H2S/c1-3-4-2;/h1H2;1H2. The van der Waals surface area contributed by atoms with E-state index in [1.807, 2.05) is 0 Å². The van der Waals surface area contributed by atoms with Gasteiger partial charge in [-0.3, -0.25) is 0 Å². The van der Waals surface area contributed by atoms with Crippen molar-refractivity contribution in [3.05, 3.63) is 0 Å². The molecular formula is CH4FPS2. The minimum absolute atomic E-state index is 0. The first-order valence-electron chi connectivity index (χ1n) is 0.653. The van der Waals surface area contributed by atoms with E-state index in [4.69, 9.17) is 0 Å². The summed E-state index contributed by atoms with van der Waals surface area (Å²) >= 11 is 0.218. The van der Waals surface area contributed by atoms with Crippen LogP contribution in [0.4, 0.5) is 3.89 Å². The summed E-state index contributed by atoms with van der Waals surface area (Å²) in [5.74, 6) is 0. The van der Waals surface area contributed by atoms with Crippen molar-refractivity contribution in [1.29, 1.82) is 0 Å². The Morgan fingerprint density at radius 2 is 2.00 bits per heavy atom. The van der Waals surface area contributed by atoms with Crippen molar-refractivity contribution in [1.82, 2.24) is 0 Å². The summed E-state index contributed by atoms with van der Waals surface area (Å²) in [6.07, 6.45) is 3.16. The maximum Gasteiger partial charge on any atom is 0.104 e. The Morgan fingerprint density at radius 3 is 2.00 bits per heavy atom. The normalized spacial score (nSPS) is 6.60. The molecule has 0 fully saturated rings. The van der Waals surface area contributed by atoms with Crippen LogP contribution in [0.2, 0.25) is 0 Å². The molecule has 0 saturated heterocycles. The Kier molecular flexibility index (Phi) is 16.4. The molecule has 4 heteroatoms. The summed E-state index contributed by atoms with van der Waals surface area (Å²) < 4.78 is 10.6. The third kappa shape index (κ3) is 11.6. The third-order valence-corrected chi connectivity index (χ3v) is 0.439. The van der Waals surface area contributed by atoms with E-state index in [1.165, 1.54) is 0 Å².